The van der Waals surface area contributed by atoms with Gasteiger partial charge in [-0.15, -0.1) is 0 Å². The molecular weight excluding hydrogens is 378 g/mol. The van der Waals surface area contributed by atoms with E-state index in [2.05, 4.69) is 38.1 Å². The van der Waals surface area contributed by atoms with E-state index in [-0.39, 0.29) is 16.7 Å². The Kier molecular flexibility index (Phi) is 4.28. The number of para-hydroxylation sites is 1. The van der Waals surface area contributed by atoms with E-state index in [9.17, 15) is 10.1 Å². The van der Waals surface area contributed by atoms with Crippen LogP contribution < -0.4 is 4.74 Å². The summed E-state index contributed by atoms with van der Waals surface area (Å²) in [5.74, 6) is 0.799. The van der Waals surface area contributed by atoms with Gasteiger partial charge >= 0.3 is 0 Å². The molecule has 0 fully saturated rings. The van der Waals surface area contributed by atoms with Crippen molar-refractivity contribution in [2.45, 2.75) is 32.5 Å². The number of nitrogens with zero attached hydrogens (tertiary/aromatic N) is 3. The van der Waals surface area contributed by atoms with Crippen LogP contribution >= 0.6 is 0 Å². The van der Waals surface area contributed by atoms with Crippen LogP contribution in [0.25, 0.3) is 0 Å². The van der Waals surface area contributed by atoms with Gasteiger partial charge in [0.25, 0.3) is 5.69 Å². The Morgan fingerprint density at radius 2 is 1.90 bits per heavy atom. The summed E-state index contributed by atoms with van der Waals surface area (Å²) in [6.45, 7) is 4.17. The zero-order chi connectivity index (χ0) is 20.8. The number of rotatable bonds is 3. The van der Waals surface area contributed by atoms with Gasteiger partial charge in [-0.05, 0) is 31.5 Å². The second-order valence-electron chi connectivity index (χ2n) is 7.83. The molecule has 2 aliphatic heterocycles. The monoisotopic (exact) mass is 399 g/mol. The van der Waals surface area contributed by atoms with E-state index in [1.165, 1.54) is 17.2 Å². The van der Waals surface area contributed by atoms with Gasteiger partial charge in [0.05, 0.1) is 16.7 Å². The quantitative estimate of drug-likeness (QED) is 0.434. The summed E-state index contributed by atoms with van der Waals surface area (Å²) in [7, 11) is 0. The molecule has 2 heterocycles. The van der Waals surface area contributed by atoms with Crippen LogP contribution in [0.5, 0.6) is 5.75 Å². The zero-order valence-corrected chi connectivity index (χ0v) is 16.8. The van der Waals surface area contributed by atoms with Gasteiger partial charge in [0.1, 0.15) is 5.75 Å². The van der Waals surface area contributed by atoms with Gasteiger partial charge in [0.2, 0.25) is 6.23 Å². The van der Waals surface area contributed by atoms with Crippen molar-refractivity contribution < 1.29 is 9.66 Å². The molecule has 6 heteroatoms. The normalized spacial score (nSPS) is 19.5. The number of nitro benzene ring substituents is 1. The smallest absolute Gasteiger partial charge is 0.269 e. The predicted octanol–water partition coefficient (Wildman–Crippen LogP) is 5.45. The van der Waals surface area contributed by atoms with Gasteiger partial charge in [-0.25, -0.2) is 5.01 Å². The lowest BCUT2D eigenvalue weighted by atomic mass is 9.93. The summed E-state index contributed by atoms with van der Waals surface area (Å²) in [6.07, 6.45) is 0.239. The highest BCUT2D eigenvalue weighted by Crippen LogP contribution is 2.47. The number of hydrazone groups is 1. The highest BCUT2D eigenvalue weighted by molar-refractivity contribution is 6.03. The Hall–Kier alpha value is -3.67. The maximum absolute atomic E-state index is 11.3. The van der Waals surface area contributed by atoms with Crippen LogP contribution in [0.2, 0.25) is 0 Å². The third-order valence-corrected chi connectivity index (χ3v) is 5.77. The SMILES string of the molecule is Cc1ccc(C)c(C2=NN3[C@@H](c4cccc([N+](=O)[O-])c4)Oc4ccccc4[C@@H]3C2)c1. The molecule has 2 atom stereocenters. The predicted molar refractivity (Wildman–Crippen MR) is 115 cm³/mol. The first-order valence-corrected chi connectivity index (χ1v) is 9.94. The number of ether oxygens (including phenoxy) is 1. The largest absolute Gasteiger partial charge is 0.464 e. The van der Waals surface area contributed by atoms with Crippen molar-refractivity contribution in [2.75, 3.05) is 0 Å². The molecule has 3 aromatic rings. The Morgan fingerprint density at radius 3 is 2.73 bits per heavy atom. The highest BCUT2D eigenvalue weighted by atomic mass is 16.6. The molecule has 0 aromatic heterocycles. The van der Waals surface area contributed by atoms with Crippen LogP contribution in [0.1, 0.15) is 46.5 Å². The number of benzene rings is 3. The Morgan fingerprint density at radius 1 is 1.07 bits per heavy atom. The fourth-order valence-electron chi connectivity index (χ4n) is 4.26. The third kappa shape index (κ3) is 3.01. The summed E-state index contributed by atoms with van der Waals surface area (Å²) in [4.78, 5) is 10.9. The minimum atomic E-state index is -0.521. The van der Waals surface area contributed by atoms with E-state index in [0.29, 0.717) is 0 Å². The summed E-state index contributed by atoms with van der Waals surface area (Å²) >= 11 is 0. The summed E-state index contributed by atoms with van der Waals surface area (Å²) in [6, 6.07) is 21.0. The number of fused-ring (bicyclic) bond motifs is 3. The molecule has 3 aromatic carbocycles. The van der Waals surface area contributed by atoms with Gasteiger partial charge in [-0.3, -0.25) is 10.1 Å². The van der Waals surface area contributed by atoms with E-state index >= 15 is 0 Å². The van der Waals surface area contributed by atoms with Crippen LogP contribution in [0, 0.1) is 24.0 Å². The van der Waals surface area contributed by atoms with Crippen LogP contribution in [-0.4, -0.2) is 15.6 Å². The van der Waals surface area contributed by atoms with Crippen molar-refractivity contribution in [1.82, 2.24) is 5.01 Å². The van der Waals surface area contributed by atoms with Crippen LogP contribution in [0.15, 0.2) is 71.8 Å². The molecule has 0 aliphatic carbocycles. The van der Waals surface area contributed by atoms with Gasteiger partial charge in [-0.2, -0.15) is 5.10 Å². The highest BCUT2D eigenvalue weighted by Gasteiger charge is 2.41. The van der Waals surface area contributed by atoms with Crippen molar-refractivity contribution in [3.8, 4) is 5.75 Å². The maximum atomic E-state index is 11.3. The van der Waals surface area contributed by atoms with E-state index in [1.807, 2.05) is 29.3 Å². The lowest BCUT2D eigenvalue weighted by Gasteiger charge is -2.38. The topological polar surface area (TPSA) is 68.0 Å². The van der Waals surface area contributed by atoms with E-state index in [4.69, 9.17) is 9.84 Å². The van der Waals surface area contributed by atoms with Gasteiger partial charge in [0, 0.05) is 35.2 Å². The summed E-state index contributed by atoms with van der Waals surface area (Å²) < 4.78 is 6.30. The van der Waals surface area contributed by atoms with Crippen LogP contribution in [-0.2, 0) is 0 Å². The van der Waals surface area contributed by atoms with Crippen molar-refractivity contribution in [1.29, 1.82) is 0 Å². The lowest BCUT2D eigenvalue weighted by molar-refractivity contribution is -0.385. The summed E-state index contributed by atoms with van der Waals surface area (Å²) in [5, 5.41) is 18.2. The molecule has 0 saturated heterocycles. The van der Waals surface area contributed by atoms with E-state index in [0.717, 1.165) is 34.6 Å². The molecule has 0 N–H and O–H groups in total. The molecule has 150 valence electrons. The second kappa shape index (κ2) is 6.99. The molecule has 2 aliphatic rings. The average Bonchev–Trinajstić information content (AvgIpc) is 3.20. The zero-order valence-electron chi connectivity index (χ0n) is 16.8. The number of hydrogen-bond acceptors (Lipinski definition) is 5. The molecule has 6 nitrogen and oxygen atoms in total. The molecular formula is C24H21N3O3. The molecule has 0 radical (unpaired) electrons. The molecule has 5 rings (SSSR count). The number of nitro groups is 1. The molecule has 30 heavy (non-hydrogen) atoms. The lowest BCUT2D eigenvalue weighted by Crippen LogP contribution is -2.33. The Bertz CT molecular complexity index is 1190. The van der Waals surface area contributed by atoms with Crippen LogP contribution in [0.4, 0.5) is 5.69 Å². The molecule has 0 spiro atoms. The number of aryl methyl sites for hydroxylation is 2. The van der Waals surface area contributed by atoms with E-state index in [1.54, 1.807) is 12.1 Å². The Balaban J connectivity index is 1.62. The number of hydrogen-bond donors (Lipinski definition) is 0. The minimum Gasteiger partial charge on any atom is -0.464 e. The number of non-ortho nitro benzene ring substituents is 1. The van der Waals surface area contributed by atoms with Crippen molar-refractivity contribution >= 4 is 11.4 Å². The standard InChI is InChI=1S/C24H21N3O3/c1-15-10-11-16(2)20(12-15)21-14-22-19-8-3-4-9-23(19)30-24(26(22)25-21)17-6-5-7-18(13-17)27(28)29/h3-13,22,24H,14H2,1-2H3/t22-,24+/m0/s1. The average molecular weight is 399 g/mol. The maximum Gasteiger partial charge on any atom is 0.269 e. The first-order valence-electron chi connectivity index (χ1n) is 9.94. The van der Waals surface area contributed by atoms with Crippen LogP contribution in [0.3, 0.4) is 0 Å². The molecule has 0 unspecified atom stereocenters. The van der Waals surface area contributed by atoms with Crippen molar-refractivity contribution in [3.05, 3.63) is 105 Å². The van der Waals surface area contributed by atoms with E-state index < -0.39 is 6.23 Å². The van der Waals surface area contributed by atoms with Crippen molar-refractivity contribution in [2.24, 2.45) is 5.10 Å². The molecule has 0 bridgehead atoms. The van der Waals surface area contributed by atoms with Crippen molar-refractivity contribution in [3.63, 3.8) is 0 Å². The van der Waals surface area contributed by atoms with Gasteiger partial charge in [0.15, 0.2) is 0 Å². The summed E-state index contributed by atoms with van der Waals surface area (Å²) in [5.41, 5.74) is 6.37. The molecule has 0 saturated carbocycles. The first kappa shape index (κ1) is 18.4. The minimum absolute atomic E-state index is 0.0223. The van der Waals surface area contributed by atoms with Gasteiger partial charge in [-0.1, -0.05) is 48.0 Å². The molecule has 0 amide bonds. The third-order valence-electron chi connectivity index (χ3n) is 5.77. The first-order chi connectivity index (χ1) is 14.5. The fraction of sp³-hybridized carbons (Fsp3) is 0.208. The fourth-order valence-corrected chi connectivity index (χ4v) is 4.26. The Labute approximate surface area is 174 Å². The van der Waals surface area contributed by atoms with Gasteiger partial charge < -0.3 is 4.74 Å². The second-order valence-corrected chi connectivity index (χ2v) is 7.83.